The monoisotopic (exact) mass is 118 g/mol. The highest BCUT2D eigenvalue weighted by molar-refractivity contribution is 6.34. The zero-order chi connectivity index (χ0) is 5.54. The molecule has 0 amide bonds. The molecule has 0 heterocycles. The van der Waals surface area contributed by atoms with Gasteiger partial charge in [-0.1, -0.05) is 13.0 Å². The van der Waals surface area contributed by atoms with E-state index in [1.807, 2.05) is 6.92 Å². The van der Waals surface area contributed by atoms with Crippen LogP contribution in [0.15, 0.2) is 0 Å². The molecule has 0 aromatic rings. The Hall–Kier alpha value is 0.177. The molecule has 2 heteroatoms. The third-order valence-electron chi connectivity index (χ3n) is 0.846. The smallest absolute Gasteiger partial charge is 0.0513 e. The van der Waals surface area contributed by atoms with Crippen molar-refractivity contribution < 1.29 is 4.74 Å². The predicted octanol–water partition coefficient (Wildman–Crippen LogP) is 0.587. The predicted molar refractivity (Wildman–Crippen MR) is 35.5 cm³/mol. The van der Waals surface area contributed by atoms with Gasteiger partial charge in [-0.15, -0.1) is 0 Å². The summed E-state index contributed by atoms with van der Waals surface area (Å²) in [7, 11) is 0.188. The lowest BCUT2D eigenvalue weighted by Gasteiger charge is -1.94. The summed E-state index contributed by atoms with van der Waals surface area (Å²) in [6, 6.07) is 1.38. The van der Waals surface area contributed by atoms with Crippen molar-refractivity contribution in [3.63, 3.8) is 0 Å². The average Bonchev–Trinajstić information content (AvgIpc) is 1.69. The van der Waals surface area contributed by atoms with Gasteiger partial charge in [0.1, 0.15) is 0 Å². The van der Waals surface area contributed by atoms with Crippen LogP contribution in [0, 0.1) is 0 Å². The molecule has 0 fully saturated rings. The molecule has 7 heavy (non-hydrogen) atoms. The molecule has 0 rings (SSSR count). The quantitative estimate of drug-likeness (QED) is 0.388. The topological polar surface area (TPSA) is 9.23 Å². The number of rotatable bonds is 4. The molecule has 0 saturated heterocycles. The maximum absolute atomic E-state index is 5.14. The largest absolute Gasteiger partial charge is 0.386 e. The van der Waals surface area contributed by atoms with Crippen molar-refractivity contribution in [1.29, 1.82) is 0 Å². The fraction of sp³-hybridized carbons (Fsp3) is 1.00. The molecule has 0 saturated carbocycles. The van der Waals surface area contributed by atoms with E-state index in [1.54, 1.807) is 0 Å². The molecule has 0 aliphatic rings. The molecule has 0 aliphatic carbocycles. The van der Waals surface area contributed by atoms with Crippen molar-refractivity contribution in [2.75, 3.05) is 12.8 Å². The van der Waals surface area contributed by atoms with E-state index in [1.165, 1.54) is 6.04 Å². The Morgan fingerprint density at radius 3 is 2.57 bits per heavy atom. The van der Waals surface area contributed by atoms with Gasteiger partial charge in [0.15, 0.2) is 0 Å². The van der Waals surface area contributed by atoms with E-state index in [0.717, 1.165) is 12.8 Å². The highest BCUT2D eigenvalue weighted by atomic mass is 28.2. The Labute approximate surface area is 47.9 Å². The molecule has 0 aromatic carbocycles. The molecule has 0 unspecified atom stereocenters. The minimum absolute atomic E-state index is 0.188. The van der Waals surface area contributed by atoms with Crippen LogP contribution in [-0.2, 0) is 4.74 Å². The lowest BCUT2D eigenvalue weighted by molar-refractivity contribution is 0.193. The van der Waals surface area contributed by atoms with Crippen LogP contribution in [0.5, 0.6) is 0 Å². The summed E-state index contributed by atoms with van der Waals surface area (Å²) in [5.41, 5.74) is 0. The summed E-state index contributed by atoms with van der Waals surface area (Å²) in [5.74, 6) is 0. The molecule has 0 atom stereocenters. The van der Waals surface area contributed by atoms with Gasteiger partial charge in [-0.2, -0.15) is 0 Å². The van der Waals surface area contributed by atoms with Gasteiger partial charge in [0.05, 0.1) is 9.52 Å². The van der Waals surface area contributed by atoms with E-state index in [4.69, 9.17) is 4.74 Å². The van der Waals surface area contributed by atoms with Crippen molar-refractivity contribution in [3.05, 3.63) is 0 Å². The summed E-state index contributed by atoms with van der Waals surface area (Å²) in [4.78, 5) is 0. The molecular formula is C5H14OSi. The SMILES string of the molecule is CCOC[SiH2]CC. The molecule has 44 valence electrons. The summed E-state index contributed by atoms with van der Waals surface area (Å²) in [6.45, 7) is 5.17. The van der Waals surface area contributed by atoms with Crippen LogP contribution in [0.4, 0.5) is 0 Å². The van der Waals surface area contributed by atoms with Crippen molar-refractivity contribution >= 4 is 9.52 Å². The van der Waals surface area contributed by atoms with E-state index in [-0.39, 0.29) is 9.52 Å². The molecular weight excluding hydrogens is 104 g/mol. The van der Waals surface area contributed by atoms with Gasteiger partial charge < -0.3 is 4.74 Å². The van der Waals surface area contributed by atoms with Crippen LogP contribution in [0.25, 0.3) is 0 Å². The molecule has 0 N–H and O–H groups in total. The van der Waals surface area contributed by atoms with Crippen LogP contribution in [-0.4, -0.2) is 22.4 Å². The van der Waals surface area contributed by atoms with Crippen LogP contribution >= 0.6 is 0 Å². The van der Waals surface area contributed by atoms with Crippen molar-refractivity contribution in [2.45, 2.75) is 19.9 Å². The fourth-order valence-corrected chi connectivity index (χ4v) is 1.17. The van der Waals surface area contributed by atoms with Crippen LogP contribution in [0.1, 0.15) is 13.8 Å². The second kappa shape index (κ2) is 6.18. The number of ether oxygens (including phenoxy) is 1. The Kier molecular flexibility index (Phi) is 6.33. The molecule has 0 spiro atoms. The van der Waals surface area contributed by atoms with Crippen LogP contribution in [0.2, 0.25) is 6.04 Å². The maximum atomic E-state index is 5.14. The van der Waals surface area contributed by atoms with Gasteiger partial charge in [-0.25, -0.2) is 0 Å². The number of hydrogen-bond donors (Lipinski definition) is 0. The first-order valence-corrected chi connectivity index (χ1v) is 4.99. The minimum atomic E-state index is 0.188. The summed E-state index contributed by atoms with van der Waals surface area (Å²) < 4.78 is 5.14. The second-order valence-electron chi connectivity index (χ2n) is 1.55. The summed E-state index contributed by atoms with van der Waals surface area (Å²) in [5, 5.41) is 0. The van der Waals surface area contributed by atoms with E-state index in [9.17, 15) is 0 Å². The fourth-order valence-electron chi connectivity index (χ4n) is 0.391. The first-order chi connectivity index (χ1) is 3.41. The standard InChI is InChI=1S/C5H14OSi/c1-3-6-5-7-4-2/h3-5,7H2,1-2H3. The Bertz CT molecular complexity index is 27.3. The maximum Gasteiger partial charge on any atom is 0.0513 e. The van der Waals surface area contributed by atoms with Crippen molar-refractivity contribution in [2.24, 2.45) is 0 Å². The molecule has 0 radical (unpaired) electrons. The summed E-state index contributed by atoms with van der Waals surface area (Å²) >= 11 is 0. The first-order valence-electron chi connectivity index (χ1n) is 2.99. The Morgan fingerprint density at radius 1 is 1.43 bits per heavy atom. The van der Waals surface area contributed by atoms with Crippen LogP contribution in [0.3, 0.4) is 0 Å². The van der Waals surface area contributed by atoms with Crippen LogP contribution < -0.4 is 0 Å². The average molecular weight is 118 g/mol. The highest BCUT2D eigenvalue weighted by Crippen LogP contribution is 1.74. The van der Waals surface area contributed by atoms with Gasteiger partial charge in [-0.05, 0) is 6.92 Å². The second-order valence-corrected chi connectivity index (χ2v) is 3.67. The van der Waals surface area contributed by atoms with E-state index >= 15 is 0 Å². The zero-order valence-electron chi connectivity index (χ0n) is 5.24. The molecule has 0 bridgehead atoms. The minimum Gasteiger partial charge on any atom is -0.386 e. The highest BCUT2D eigenvalue weighted by Gasteiger charge is 1.80. The van der Waals surface area contributed by atoms with Gasteiger partial charge >= 0.3 is 0 Å². The van der Waals surface area contributed by atoms with E-state index in [2.05, 4.69) is 6.92 Å². The molecule has 0 aromatic heterocycles. The van der Waals surface area contributed by atoms with Gasteiger partial charge in [0, 0.05) is 12.8 Å². The Balaban J connectivity index is 2.45. The normalized spacial score (nSPS) is 11.1. The van der Waals surface area contributed by atoms with Gasteiger partial charge in [0.2, 0.25) is 0 Å². The van der Waals surface area contributed by atoms with Crippen molar-refractivity contribution in [1.82, 2.24) is 0 Å². The van der Waals surface area contributed by atoms with Gasteiger partial charge in [-0.3, -0.25) is 0 Å². The third-order valence-corrected chi connectivity index (χ3v) is 2.13. The summed E-state index contributed by atoms with van der Waals surface area (Å²) in [6.07, 6.45) is 1.08. The first kappa shape index (κ1) is 7.18. The Morgan fingerprint density at radius 2 is 2.14 bits per heavy atom. The lowest BCUT2D eigenvalue weighted by Crippen LogP contribution is -2.00. The van der Waals surface area contributed by atoms with E-state index in [0.29, 0.717) is 0 Å². The van der Waals surface area contributed by atoms with Gasteiger partial charge in [0.25, 0.3) is 0 Å². The molecule has 0 aliphatic heterocycles. The molecule has 1 nitrogen and oxygen atoms in total. The van der Waals surface area contributed by atoms with E-state index < -0.39 is 0 Å². The third kappa shape index (κ3) is 6.18. The lowest BCUT2D eigenvalue weighted by atomic mass is 10.9. The zero-order valence-corrected chi connectivity index (χ0v) is 6.65. The number of hydrogen-bond acceptors (Lipinski definition) is 1. The van der Waals surface area contributed by atoms with Crippen molar-refractivity contribution in [3.8, 4) is 0 Å².